The molecule has 3 aliphatic rings. The van der Waals surface area contributed by atoms with Crippen molar-refractivity contribution in [2.45, 2.75) is 91.9 Å². The van der Waals surface area contributed by atoms with Crippen molar-refractivity contribution in [1.82, 2.24) is 15.3 Å². The predicted molar refractivity (Wildman–Crippen MR) is 244 cm³/mol. The van der Waals surface area contributed by atoms with Crippen molar-refractivity contribution < 1.29 is 0 Å². The maximum atomic E-state index is 5.69. The molecule has 0 amide bonds. The summed E-state index contributed by atoms with van der Waals surface area (Å²) in [6.45, 7) is 18.2. The molecular weight excluding hydrogens is 705 g/mol. The van der Waals surface area contributed by atoms with E-state index in [1.807, 2.05) is 0 Å². The monoisotopic (exact) mass is 758 g/mol. The van der Waals surface area contributed by atoms with E-state index in [-0.39, 0.29) is 10.8 Å². The first kappa shape index (κ1) is 37.6. The number of nitrogens with one attached hydrogen (secondary N) is 2. The molecule has 0 saturated heterocycles. The summed E-state index contributed by atoms with van der Waals surface area (Å²) in [6, 6.07) is 38.1. The van der Waals surface area contributed by atoms with Gasteiger partial charge in [-0.25, -0.2) is 4.99 Å². The zero-order valence-corrected chi connectivity index (χ0v) is 35.3. The summed E-state index contributed by atoms with van der Waals surface area (Å²) in [5.74, 6) is 0. The highest BCUT2D eigenvalue weighted by Gasteiger charge is 2.30. The third-order valence-corrected chi connectivity index (χ3v) is 12.0. The number of nitrogens with zero attached hydrogens (tertiary/aromatic N) is 2. The van der Waals surface area contributed by atoms with Gasteiger partial charge in [-0.15, -0.1) is 5.35 Å². The second kappa shape index (κ2) is 14.4. The van der Waals surface area contributed by atoms with Crippen molar-refractivity contribution in [3.05, 3.63) is 187 Å². The second-order valence-electron chi connectivity index (χ2n) is 18.2. The van der Waals surface area contributed by atoms with Crippen LogP contribution in [0.1, 0.15) is 114 Å². The summed E-state index contributed by atoms with van der Waals surface area (Å²) in [6.07, 6.45) is 11.0. The fourth-order valence-corrected chi connectivity index (χ4v) is 8.73. The van der Waals surface area contributed by atoms with Gasteiger partial charge in [-0.05, 0) is 69.3 Å². The van der Waals surface area contributed by atoms with Gasteiger partial charge in [0.05, 0.1) is 34.1 Å². The number of aliphatic imine (C=N–C) groups is 1. The van der Waals surface area contributed by atoms with Crippen molar-refractivity contribution in [2.75, 3.05) is 0 Å². The van der Waals surface area contributed by atoms with Gasteiger partial charge < -0.3 is 9.97 Å². The molecule has 0 radical (unpaired) electrons. The number of rotatable bonds is 6. The van der Waals surface area contributed by atoms with Crippen LogP contribution in [0, 0.1) is 6.42 Å². The maximum absolute atomic E-state index is 5.69. The molecule has 0 saturated carbocycles. The Bertz CT molecular complexity index is 2940. The second-order valence-corrected chi connectivity index (χ2v) is 18.2. The first-order valence-corrected chi connectivity index (χ1v) is 21.1. The van der Waals surface area contributed by atoms with E-state index in [9.17, 15) is 0 Å². The lowest BCUT2D eigenvalue weighted by Gasteiger charge is -2.19. The summed E-state index contributed by atoms with van der Waals surface area (Å²) in [7, 11) is 0. The van der Waals surface area contributed by atoms with E-state index < -0.39 is 0 Å². The van der Waals surface area contributed by atoms with Gasteiger partial charge >= 0.3 is 0 Å². The summed E-state index contributed by atoms with van der Waals surface area (Å²) in [5.41, 5.74) is 16.1. The van der Waals surface area contributed by atoms with Crippen LogP contribution in [0.25, 0.3) is 39.4 Å². The van der Waals surface area contributed by atoms with Crippen molar-refractivity contribution in [3.8, 4) is 0 Å². The third kappa shape index (κ3) is 6.69. The Morgan fingerprint density at radius 3 is 1.90 bits per heavy atom. The fraction of sp³-hybridized carbons (Fsp3) is 0.259. The summed E-state index contributed by atoms with van der Waals surface area (Å²) in [5, 5.41) is 10.3. The van der Waals surface area contributed by atoms with Crippen LogP contribution in [0.5, 0.6) is 0 Å². The fourth-order valence-electron chi connectivity index (χ4n) is 8.73. The van der Waals surface area contributed by atoms with Gasteiger partial charge in [-0.2, -0.15) is 0 Å². The number of H-pyrrole nitrogens is 1. The maximum Gasteiger partial charge on any atom is 0.149 e. The lowest BCUT2D eigenvalue weighted by atomic mass is 9.85. The van der Waals surface area contributed by atoms with Crippen LogP contribution >= 0.6 is 0 Å². The first-order valence-electron chi connectivity index (χ1n) is 21.1. The Balaban J connectivity index is 1.44. The Morgan fingerprint density at radius 2 is 1.26 bits per heavy atom. The Kier molecular flexibility index (Phi) is 9.35. The zero-order valence-electron chi connectivity index (χ0n) is 35.3. The van der Waals surface area contributed by atoms with E-state index in [4.69, 9.17) is 9.98 Å². The molecule has 4 heteroatoms. The first-order chi connectivity index (χ1) is 27.9. The van der Waals surface area contributed by atoms with Crippen molar-refractivity contribution in [3.63, 3.8) is 0 Å². The number of allylic oxidation sites excluding steroid dienone is 2. The third-order valence-electron chi connectivity index (χ3n) is 12.0. The van der Waals surface area contributed by atoms with Crippen LogP contribution in [0.4, 0.5) is 0 Å². The minimum absolute atomic E-state index is 0.0464. The molecule has 3 aliphatic heterocycles. The molecule has 0 aliphatic carbocycles. The van der Waals surface area contributed by atoms with E-state index >= 15 is 0 Å². The van der Waals surface area contributed by atoms with Gasteiger partial charge in [0.15, 0.2) is 0 Å². The lowest BCUT2D eigenvalue weighted by Crippen LogP contribution is -2.23. The van der Waals surface area contributed by atoms with Gasteiger partial charge in [0, 0.05) is 39.1 Å². The Hall–Kier alpha value is -6.00. The molecule has 6 aromatic rings. The number of hydrogen-bond acceptors (Lipinski definition) is 2. The molecule has 0 atom stereocenters. The van der Waals surface area contributed by atoms with Crippen LogP contribution < -0.4 is 31.7 Å². The average Bonchev–Trinajstić information content (AvgIpc) is 3.99. The molecular formula is C54H54N4. The smallest absolute Gasteiger partial charge is 0.149 e. The van der Waals surface area contributed by atoms with E-state index in [0.29, 0.717) is 0 Å². The largest absolute Gasteiger partial charge is 0.596 e. The number of aromatic amines is 1. The number of aryl methyl sites for hydroxylation is 1. The quantitative estimate of drug-likeness (QED) is 0.167. The van der Waals surface area contributed by atoms with Crippen molar-refractivity contribution >= 4 is 45.1 Å². The summed E-state index contributed by atoms with van der Waals surface area (Å²) >= 11 is 0. The minimum atomic E-state index is 0.0464. The standard InChI is InChI=1S/C54H54N4/c1-9-15-35-29-47-48-30-36(16-10-2)46(56-48)32-44(34-23-27-38(28-24-34)54(6,7)8)50-40-18-12-14-20-42(40)52(58-50)51-41-19-13-11-17-39(41)49(57-51)43(31-45(35)55-47)33-21-25-37(26-22-33)53(3,4)5/h11-14,17-32,55,58H,9-10,15-16H2,1-8H3. The van der Waals surface area contributed by atoms with Gasteiger partial charge in [0.1, 0.15) is 11.4 Å². The highest BCUT2D eigenvalue weighted by molar-refractivity contribution is 6.36. The number of benzene rings is 4. The van der Waals surface area contributed by atoms with Gasteiger partial charge in [-0.3, -0.25) is 5.32 Å². The normalized spacial score (nSPS) is 15.3. The molecule has 0 fully saturated rings. The van der Waals surface area contributed by atoms with Crippen molar-refractivity contribution in [2.24, 2.45) is 4.99 Å². The molecule has 2 aromatic heterocycles. The molecule has 5 heterocycles. The molecule has 0 unspecified atom stereocenters. The molecule has 290 valence electrons. The van der Waals surface area contributed by atoms with E-state index in [2.05, 4.69) is 187 Å². The topological polar surface area (TPSA) is 54.3 Å². The van der Waals surface area contributed by atoms with Crippen LogP contribution in [0.3, 0.4) is 0 Å². The number of aromatic nitrogens is 2. The van der Waals surface area contributed by atoms with Crippen LogP contribution in [0.15, 0.2) is 125 Å². The van der Waals surface area contributed by atoms with E-state index in [0.717, 1.165) is 114 Å². The van der Waals surface area contributed by atoms with Crippen molar-refractivity contribution in [1.29, 1.82) is 0 Å². The van der Waals surface area contributed by atoms with Crippen LogP contribution in [0.2, 0.25) is 0 Å². The lowest BCUT2D eigenvalue weighted by molar-refractivity contribution is 0.590. The predicted octanol–water partition coefficient (Wildman–Crippen LogP) is 9.38. The Morgan fingerprint density at radius 1 is 0.655 bits per heavy atom. The van der Waals surface area contributed by atoms with Crippen LogP contribution in [-0.4, -0.2) is 10.7 Å². The highest BCUT2D eigenvalue weighted by atomic mass is 14.9. The molecule has 4 nitrogen and oxygen atoms in total. The summed E-state index contributed by atoms with van der Waals surface area (Å²) in [4.78, 5) is 15.2. The van der Waals surface area contributed by atoms with E-state index in [1.165, 1.54) is 22.3 Å². The minimum Gasteiger partial charge on any atom is -0.596 e. The van der Waals surface area contributed by atoms with Gasteiger partial charge in [-0.1, -0.05) is 165 Å². The molecule has 2 N–H and O–H groups in total. The average molecular weight is 759 g/mol. The zero-order chi connectivity index (χ0) is 40.3. The van der Waals surface area contributed by atoms with Gasteiger partial charge in [0.25, 0.3) is 0 Å². The summed E-state index contributed by atoms with van der Waals surface area (Å²) < 4.78 is 0. The molecule has 8 bridgehead atoms. The van der Waals surface area contributed by atoms with Crippen LogP contribution in [-0.2, 0) is 17.3 Å². The van der Waals surface area contributed by atoms with E-state index in [1.54, 1.807) is 0 Å². The molecule has 4 aromatic carbocycles. The van der Waals surface area contributed by atoms with Gasteiger partial charge in [0.2, 0.25) is 0 Å². The number of hydrogen-bond donors (Lipinski definition) is 2. The molecule has 0 spiro atoms. The molecule has 9 rings (SSSR count). The Labute approximate surface area is 343 Å². The number of fused-ring (bicyclic) bond motifs is 13. The SMILES string of the molecule is CCCC1=C2C=C(c3ccc(C(C)(C)C)cc3)C3=NC(=c4[nH]c(c5ccccc45)=C(c4ccc(C(C)(C)C)cc4)C=c4[n-]c(cc4CCC)=C([CH+]1)N2)c1ccccc13. The highest BCUT2D eigenvalue weighted by Crippen LogP contribution is 2.37. The molecule has 58 heavy (non-hydrogen) atoms.